The number of fused-ring (bicyclic) bond motifs is 1. The van der Waals surface area contributed by atoms with Gasteiger partial charge in [0, 0.05) is 30.4 Å². The van der Waals surface area contributed by atoms with Crippen molar-refractivity contribution in [3.63, 3.8) is 0 Å². The zero-order valence-electron chi connectivity index (χ0n) is 11.4. The normalized spacial score (nSPS) is 14.1. The maximum absolute atomic E-state index is 11.4. The third-order valence-corrected chi connectivity index (χ3v) is 3.38. The standard InChI is InChI=1S/C16H15N3O2/c17-16(20)10-12(13-3-1-2-6-18-13)11-4-5-15-14(9-11)19-7-8-21-15/h1-7,9,12H,8,10H2,(H2,17,20). The molecule has 0 spiro atoms. The third kappa shape index (κ3) is 2.91. The number of rotatable bonds is 4. The second-order valence-electron chi connectivity index (χ2n) is 4.83. The Kier molecular flexibility index (Phi) is 3.64. The molecule has 1 aliphatic heterocycles. The number of hydrogen-bond donors (Lipinski definition) is 1. The summed E-state index contributed by atoms with van der Waals surface area (Å²) < 4.78 is 5.49. The number of carbonyl (C=O) groups excluding carboxylic acids is 1. The largest absolute Gasteiger partial charge is 0.486 e. The average molecular weight is 281 g/mol. The predicted molar refractivity (Wildman–Crippen MR) is 80.0 cm³/mol. The van der Waals surface area contributed by atoms with E-state index in [1.54, 1.807) is 12.4 Å². The van der Waals surface area contributed by atoms with Crippen LogP contribution in [0.5, 0.6) is 5.75 Å². The van der Waals surface area contributed by atoms with Crippen LogP contribution in [0.3, 0.4) is 0 Å². The number of pyridine rings is 1. The molecule has 0 radical (unpaired) electrons. The Morgan fingerprint density at radius 3 is 3.00 bits per heavy atom. The highest BCUT2D eigenvalue weighted by Crippen LogP contribution is 2.35. The molecular weight excluding hydrogens is 266 g/mol. The van der Waals surface area contributed by atoms with Gasteiger partial charge in [-0.25, -0.2) is 0 Å². The summed E-state index contributed by atoms with van der Waals surface area (Å²) in [6.45, 7) is 0.483. The highest BCUT2D eigenvalue weighted by atomic mass is 16.5. The summed E-state index contributed by atoms with van der Waals surface area (Å²) >= 11 is 0. The minimum atomic E-state index is -0.358. The molecule has 1 unspecified atom stereocenters. The van der Waals surface area contributed by atoms with Gasteiger partial charge >= 0.3 is 0 Å². The van der Waals surface area contributed by atoms with E-state index >= 15 is 0 Å². The fourth-order valence-electron chi connectivity index (χ4n) is 2.41. The lowest BCUT2D eigenvalue weighted by molar-refractivity contribution is -0.118. The number of primary amides is 1. The Morgan fingerprint density at radius 1 is 1.33 bits per heavy atom. The molecule has 5 nitrogen and oxygen atoms in total. The molecule has 3 rings (SSSR count). The number of nitrogens with two attached hydrogens (primary N) is 1. The van der Waals surface area contributed by atoms with Crippen molar-refractivity contribution in [1.29, 1.82) is 0 Å². The maximum Gasteiger partial charge on any atom is 0.218 e. The zero-order valence-corrected chi connectivity index (χ0v) is 11.4. The van der Waals surface area contributed by atoms with Crippen LogP contribution in [0.4, 0.5) is 5.69 Å². The Labute approximate surface area is 122 Å². The Bertz CT molecular complexity index is 683. The van der Waals surface area contributed by atoms with Crippen LogP contribution in [0.2, 0.25) is 0 Å². The van der Waals surface area contributed by atoms with E-state index in [0.29, 0.717) is 6.61 Å². The first-order valence-corrected chi connectivity index (χ1v) is 6.72. The highest BCUT2D eigenvalue weighted by molar-refractivity contribution is 5.76. The van der Waals surface area contributed by atoms with E-state index in [4.69, 9.17) is 10.5 Å². The van der Waals surface area contributed by atoms with E-state index in [1.165, 1.54) is 0 Å². The average Bonchev–Trinajstić information content (AvgIpc) is 2.53. The number of aliphatic imine (C=N–C) groups is 1. The lowest BCUT2D eigenvalue weighted by atomic mass is 9.91. The zero-order chi connectivity index (χ0) is 14.7. The first kappa shape index (κ1) is 13.3. The fraction of sp³-hybridized carbons (Fsp3) is 0.188. The SMILES string of the molecule is NC(=O)CC(c1ccc2c(c1)N=CCO2)c1ccccn1. The van der Waals surface area contributed by atoms with Crippen LogP contribution < -0.4 is 10.5 Å². The quantitative estimate of drug-likeness (QED) is 0.933. The smallest absolute Gasteiger partial charge is 0.218 e. The Hall–Kier alpha value is -2.69. The van der Waals surface area contributed by atoms with Gasteiger partial charge < -0.3 is 10.5 Å². The molecule has 1 aliphatic rings. The summed E-state index contributed by atoms with van der Waals surface area (Å²) in [6.07, 6.45) is 3.64. The van der Waals surface area contributed by atoms with E-state index < -0.39 is 0 Å². The summed E-state index contributed by atoms with van der Waals surface area (Å²) in [5.74, 6) is 0.217. The molecular formula is C16H15N3O2. The Morgan fingerprint density at radius 2 is 2.24 bits per heavy atom. The first-order chi connectivity index (χ1) is 10.2. The van der Waals surface area contributed by atoms with Gasteiger partial charge in [0.25, 0.3) is 0 Å². The van der Waals surface area contributed by atoms with Crippen LogP contribution in [0, 0.1) is 0 Å². The molecule has 5 heteroatoms. The second kappa shape index (κ2) is 5.75. The number of hydrogen-bond acceptors (Lipinski definition) is 4. The van der Waals surface area contributed by atoms with Crippen molar-refractivity contribution < 1.29 is 9.53 Å². The van der Waals surface area contributed by atoms with Crippen LogP contribution in [-0.2, 0) is 4.79 Å². The minimum Gasteiger partial charge on any atom is -0.486 e. The molecule has 1 amide bonds. The fourth-order valence-corrected chi connectivity index (χ4v) is 2.41. The van der Waals surface area contributed by atoms with Gasteiger partial charge in [-0.3, -0.25) is 14.8 Å². The molecule has 2 N–H and O–H groups in total. The van der Waals surface area contributed by atoms with Crippen molar-refractivity contribution in [2.24, 2.45) is 10.7 Å². The molecule has 2 aromatic rings. The monoisotopic (exact) mass is 281 g/mol. The molecule has 0 bridgehead atoms. The van der Waals surface area contributed by atoms with Crippen molar-refractivity contribution in [2.75, 3.05) is 6.61 Å². The number of amides is 1. The number of carbonyl (C=O) groups is 1. The highest BCUT2D eigenvalue weighted by Gasteiger charge is 2.20. The topological polar surface area (TPSA) is 77.6 Å². The van der Waals surface area contributed by atoms with Crippen LogP contribution in [-0.4, -0.2) is 23.7 Å². The van der Waals surface area contributed by atoms with Gasteiger partial charge in [-0.2, -0.15) is 0 Å². The number of aromatic nitrogens is 1. The van der Waals surface area contributed by atoms with Gasteiger partial charge in [-0.05, 0) is 29.8 Å². The molecule has 2 heterocycles. The summed E-state index contributed by atoms with van der Waals surface area (Å²) in [5, 5.41) is 0. The summed E-state index contributed by atoms with van der Waals surface area (Å²) in [6, 6.07) is 11.4. The van der Waals surface area contributed by atoms with Crippen LogP contribution >= 0.6 is 0 Å². The van der Waals surface area contributed by atoms with Gasteiger partial charge in [-0.15, -0.1) is 0 Å². The maximum atomic E-state index is 11.4. The second-order valence-corrected chi connectivity index (χ2v) is 4.83. The van der Waals surface area contributed by atoms with Crippen LogP contribution in [0.1, 0.15) is 23.6 Å². The van der Waals surface area contributed by atoms with Gasteiger partial charge in [0.15, 0.2) is 0 Å². The lowest BCUT2D eigenvalue weighted by Crippen LogP contribution is -2.17. The van der Waals surface area contributed by atoms with E-state index in [2.05, 4.69) is 9.98 Å². The molecule has 0 saturated heterocycles. The van der Waals surface area contributed by atoms with Gasteiger partial charge in [0.2, 0.25) is 5.91 Å². The van der Waals surface area contributed by atoms with E-state index in [-0.39, 0.29) is 18.2 Å². The molecule has 0 aliphatic carbocycles. The van der Waals surface area contributed by atoms with Crippen LogP contribution in [0.15, 0.2) is 47.6 Å². The molecule has 1 aromatic carbocycles. The van der Waals surface area contributed by atoms with E-state index in [1.807, 2.05) is 36.4 Å². The van der Waals surface area contributed by atoms with Crippen molar-refractivity contribution in [1.82, 2.24) is 4.98 Å². The van der Waals surface area contributed by atoms with E-state index in [9.17, 15) is 4.79 Å². The number of nitrogens with zero attached hydrogens (tertiary/aromatic N) is 2. The van der Waals surface area contributed by atoms with E-state index in [0.717, 1.165) is 22.7 Å². The van der Waals surface area contributed by atoms with Gasteiger partial charge in [0.05, 0.1) is 0 Å². The lowest BCUT2D eigenvalue weighted by Gasteiger charge is -2.18. The van der Waals surface area contributed by atoms with Gasteiger partial charge in [-0.1, -0.05) is 12.1 Å². The van der Waals surface area contributed by atoms with Crippen molar-refractivity contribution in [2.45, 2.75) is 12.3 Å². The molecule has 106 valence electrons. The summed E-state index contributed by atoms with van der Waals surface area (Å²) in [7, 11) is 0. The summed E-state index contributed by atoms with van der Waals surface area (Å²) in [5.41, 5.74) is 7.92. The van der Waals surface area contributed by atoms with Gasteiger partial charge in [0.1, 0.15) is 18.0 Å². The summed E-state index contributed by atoms with van der Waals surface area (Å²) in [4.78, 5) is 20.1. The molecule has 21 heavy (non-hydrogen) atoms. The van der Waals surface area contributed by atoms with Crippen molar-refractivity contribution in [3.05, 3.63) is 53.9 Å². The first-order valence-electron chi connectivity index (χ1n) is 6.72. The minimum absolute atomic E-state index is 0.175. The van der Waals surface area contributed by atoms with Crippen molar-refractivity contribution >= 4 is 17.8 Å². The van der Waals surface area contributed by atoms with Crippen molar-refractivity contribution in [3.8, 4) is 5.75 Å². The number of benzene rings is 1. The Balaban J connectivity index is 2.01. The molecule has 1 atom stereocenters. The molecule has 1 aromatic heterocycles. The third-order valence-electron chi connectivity index (χ3n) is 3.38. The molecule has 0 saturated carbocycles. The molecule has 0 fully saturated rings. The van der Waals surface area contributed by atoms with Crippen LogP contribution in [0.25, 0.3) is 0 Å². The predicted octanol–water partition coefficient (Wildman–Crippen LogP) is 2.18. The number of ether oxygens (including phenoxy) is 1.